The molecule has 1 fully saturated rings. The quantitative estimate of drug-likeness (QED) is 0.338. The first-order valence-electron chi connectivity index (χ1n) is 11.6. The molecule has 14 heteroatoms. The fourth-order valence-electron chi connectivity index (χ4n) is 3.73. The first kappa shape index (κ1) is 26.7. The van der Waals surface area contributed by atoms with Crippen molar-refractivity contribution in [1.29, 1.82) is 0 Å². The Morgan fingerprint density at radius 3 is 2.51 bits per heavy atom. The molecule has 198 valence electrons. The van der Waals surface area contributed by atoms with E-state index in [-0.39, 0.29) is 11.5 Å². The molecule has 1 aromatic carbocycles. The third kappa shape index (κ3) is 6.52. The van der Waals surface area contributed by atoms with E-state index in [0.717, 1.165) is 16.9 Å². The molecule has 2 aromatic heterocycles. The molecule has 1 aliphatic rings. The van der Waals surface area contributed by atoms with Gasteiger partial charge >= 0.3 is 5.97 Å². The molecule has 0 bridgehead atoms. The molecule has 1 saturated heterocycles. The number of nitrogens with two attached hydrogens (primary N) is 1. The molecule has 1 aliphatic heterocycles. The van der Waals surface area contributed by atoms with Gasteiger partial charge in [-0.05, 0) is 38.5 Å². The largest absolute Gasteiger partial charge is 0.462 e. The molecule has 0 aliphatic carbocycles. The van der Waals surface area contributed by atoms with Crippen LogP contribution in [0.5, 0.6) is 0 Å². The van der Waals surface area contributed by atoms with E-state index in [4.69, 9.17) is 19.6 Å². The number of nitrogens with zero attached hydrogens (tertiary/aromatic N) is 4. The zero-order valence-corrected chi connectivity index (χ0v) is 22.4. The summed E-state index contributed by atoms with van der Waals surface area (Å²) in [5.41, 5.74) is 2.27. The number of aryl methyl sites for hydroxylation is 1. The Labute approximate surface area is 219 Å². The van der Waals surface area contributed by atoms with Crippen molar-refractivity contribution in [1.82, 2.24) is 15.0 Å². The molecular weight excluding hydrogens is 518 g/mol. The molecule has 4 N–H and O–H groups in total. The first-order valence-corrected chi connectivity index (χ1v) is 14.0. The van der Waals surface area contributed by atoms with Gasteiger partial charge in [0.25, 0.3) is 0 Å². The molecular formula is C23H29N7O5S2. The number of thiazole rings is 1. The second kappa shape index (κ2) is 11.4. The lowest BCUT2D eigenvalue weighted by Gasteiger charge is -2.29. The van der Waals surface area contributed by atoms with Gasteiger partial charge in [0.2, 0.25) is 16.0 Å². The van der Waals surface area contributed by atoms with Crippen LogP contribution in [0.1, 0.15) is 33.4 Å². The number of carbonyl (C=O) groups is 1. The molecule has 0 radical (unpaired) electrons. The Balaban J connectivity index is 1.61. The van der Waals surface area contributed by atoms with Crippen LogP contribution in [0.25, 0.3) is 0 Å². The van der Waals surface area contributed by atoms with E-state index in [1.165, 1.54) is 23.5 Å². The fraction of sp³-hybridized carbons (Fsp3) is 0.391. The molecule has 0 amide bonds. The number of primary sulfonamides is 1. The average Bonchev–Trinajstić information content (AvgIpc) is 3.24. The zero-order chi connectivity index (χ0) is 26.6. The maximum absolute atomic E-state index is 12.2. The maximum atomic E-state index is 12.2. The molecule has 12 nitrogen and oxygen atoms in total. The van der Waals surface area contributed by atoms with Crippen molar-refractivity contribution < 1.29 is 22.7 Å². The maximum Gasteiger partial charge on any atom is 0.350 e. The van der Waals surface area contributed by atoms with Crippen molar-refractivity contribution in [3.05, 3.63) is 46.0 Å². The van der Waals surface area contributed by atoms with Crippen LogP contribution in [-0.4, -0.2) is 62.2 Å². The Morgan fingerprint density at radius 2 is 1.86 bits per heavy atom. The highest BCUT2D eigenvalue weighted by Gasteiger charge is 2.21. The smallest absolute Gasteiger partial charge is 0.350 e. The van der Waals surface area contributed by atoms with Crippen molar-refractivity contribution in [2.24, 2.45) is 5.14 Å². The van der Waals surface area contributed by atoms with Gasteiger partial charge in [-0.1, -0.05) is 23.5 Å². The number of sulfonamides is 1. The Bertz CT molecular complexity index is 1370. The highest BCUT2D eigenvalue weighted by atomic mass is 32.2. The first-order chi connectivity index (χ1) is 17.7. The number of morpholine rings is 1. The standard InChI is InChI=1S/C23H29N7O5S2/c1-4-35-21(31)18-15(3)26-23(36-18)29-22-27-19(14(2)20(28-22)30-9-11-34-12-10-30)25-13-16-5-7-17(8-6-16)37(24,32)33/h5-8H,4,9-13H2,1-3H3,(H2,24,32,33)(H2,25,26,27,28,29). The van der Waals surface area contributed by atoms with Crippen molar-refractivity contribution in [2.75, 3.05) is 48.4 Å². The van der Waals surface area contributed by atoms with E-state index >= 15 is 0 Å². The average molecular weight is 548 g/mol. The summed E-state index contributed by atoms with van der Waals surface area (Å²) in [5, 5.41) is 12.1. The molecule has 4 rings (SSSR count). The molecule has 0 spiro atoms. The summed E-state index contributed by atoms with van der Waals surface area (Å²) >= 11 is 1.18. The van der Waals surface area contributed by atoms with Crippen LogP contribution in [0.3, 0.4) is 0 Å². The van der Waals surface area contributed by atoms with Gasteiger partial charge in [-0.15, -0.1) is 0 Å². The van der Waals surface area contributed by atoms with Crippen molar-refractivity contribution >= 4 is 50.0 Å². The summed E-state index contributed by atoms with van der Waals surface area (Å²) < 4.78 is 33.7. The van der Waals surface area contributed by atoms with E-state index in [1.54, 1.807) is 26.0 Å². The summed E-state index contributed by atoms with van der Waals surface area (Å²) in [6.07, 6.45) is 0. The number of hydrogen-bond acceptors (Lipinski definition) is 12. The molecule has 0 unspecified atom stereocenters. The highest BCUT2D eigenvalue weighted by molar-refractivity contribution is 7.89. The number of esters is 1. The van der Waals surface area contributed by atoms with Gasteiger partial charge in [0, 0.05) is 25.2 Å². The SMILES string of the molecule is CCOC(=O)c1sc(Nc2nc(NCc3ccc(S(N)(=O)=O)cc3)c(C)c(N3CCOCC3)n2)nc1C. The number of hydrogen-bond donors (Lipinski definition) is 3. The second-order valence-electron chi connectivity index (χ2n) is 8.27. The van der Waals surface area contributed by atoms with Crippen LogP contribution in [0.2, 0.25) is 0 Å². The molecule has 3 heterocycles. The monoisotopic (exact) mass is 547 g/mol. The number of ether oxygens (including phenoxy) is 2. The molecule has 0 saturated carbocycles. The van der Waals surface area contributed by atoms with Crippen molar-refractivity contribution in [2.45, 2.75) is 32.2 Å². The minimum atomic E-state index is -3.76. The number of aromatic nitrogens is 3. The van der Waals surface area contributed by atoms with Crippen LogP contribution < -0.4 is 20.7 Å². The van der Waals surface area contributed by atoms with Crippen molar-refractivity contribution in [3.8, 4) is 0 Å². The van der Waals surface area contributed by atoms with E-state index in [9.17, 15) is 13.2 Å². The van der Waals surface area contributed by atoms with Crippen LogP contribution in [0.15, 0.2) is 29.2 Å². The predicted octanol–water partition coefficient (Wildman–Crippen LogP) is 2.57. The topological polar surface area (TPSA) is 162 Å². The molecule has 3 aromatic rings. The molecule has 0 atom stereocenters. The summed E-state index contributed by atoms with van der Waals surface area (Å²) in [5.74, 6) is 1.27. The summed E-state index contributed by atoms with van der Waals surface area (Å²) in [6, 6.07) is 6.33. The lowest BCUT2D eigenvalue weighted by Crippen LogP contribution is -2.37. The zero-order valence-electron chi connectivity index (χ0n) is 20.8. The number of anilines is 4. The summed E-state index contributed by atoms with van der Waals surface area (Å²) in [7, 11) is -3.76. The van der Waals surface area contributed by atoms with E-state index in [2.05, 4.69) is 25.5 Å². The van der Waals surface area contributed by atoms with Gasteiger partial charge in [-0.25, -0.2) is 23.3 Å². The highest BCUT2D eigenvalue weighted by Crippen LogP contribution is 2.30. The van der Waals surface area contributed by atoms with E-state index in [1.807, 2.05) is 6.92 Å². The van der Waals surface area contributed by atoms with E-state index < -0.39 is 16.0 Å². The minimum absolute atomic E-state index is 0.0523. The van der Waals surface area contributed by atoms with Gasteiger partial charge in [0.05, 0.1) is 30.4 Å². The fourth-order valence-corrected chi connectivity index (χ4v) is 5.10. The lowest BCUT2D eigenvalue weighted by atomic mass is 10.2. The van der Waals surface area contributed by atoms with E-state index in [0.29, 0.717) is 60.3 Å². The van der Waals surface area contributed by atoms with Gasteiger partial charge in [-0.3, -0.25) is 5.32 Å². The van der Waals surface area contributed by atoms with Gasteiger partial charge in [0.15, 0.2) is 5.13 Å². The Hall–Kier alpha value is -3.33. The number of nitrogens with one attached hydrogen (secondary N) is 2. The van der Waals surface area contributed by atoms with Gasteiger partial charge in [0.1, 0.15) is 16.5 Å². The van der Waals surface area contributed by atoms with Crippen molar-refractivity contribution in [3.63, 3.8) is 0 Å². The Kier molecular flexibility index (Phi) is 8.22. The summed E-state index contributed by atoms with van der Waals surface area (Å²) in [4.78, 5) is 28.7. The van der Waals surface area contributed by atoms with Gasteiger partial charge < -0.3 is 19.7 Å². The van der Waals surface area contributed by atoms with Crippen LogP contribution in [-0.2, 0) is 26.0 Å². The predicted molar refractivity (Wildman–Crippen MR) is 141 cm³/mol. The van der Waals surface area contributed by atoms with Gasteiger partial charge in [-0.2, -0.15) is 9.97 Å². The summed E-state index contributed by atoms with van der Waals surface area (Å²) in [6.45, 7) is 8.69. The number of rotatable bonds is 9. The van der Waals surface area contributed by atoms with Crippen LogP contribution >= 0.6 is 11.3 Å². The Morgan fingerprint density at radius 1 is 1.16 bits per heavy atom. The minimum Gasteiger partial charge on any atom is -0.462 e. The van der Waals surface area contributed by atoms with Crippen LogP contribution in [0.4, 0.5) is 22.7 Å². The lowest BCUT2D eigenvalue weighted by molar-refractivity contribution is 0.0531. The second-order valence-corrected chi connectivity index (χ2v) is 10.8. The number of carbonyl (C=O) groups excluding carboxylic acids is 1. The number of benzene rings is 1. The third-order valence-corrected chi connectivity index (χ3v) is 7.60. The third-order valence-electron chi connectivity index (χ3n) is 5.62. The normalized spacial score (nSPS) is 13.9. The van der Waals surface area contributed by atoms with Crippen LogP contribution in [0, 0.1) is 13.8 Å². The molecule has 37 heavy (non-hydrogen) atoms.